The highest BCUT2D eigenvalue weighted by Crippen LogP contribution is 2.25. The molecule has 3 atom stereocenters. The fraction of sp³-hybridized carbons (Fsp3) is 0.750. The zero-order chi connectivity index (χ0) is 7.56. The second-order valence-electron chi connectivity index (χ2n) is 2.89. The normalized spacial score (nSPS) is 41.2. The van der Waals surface area contributed by atoms with Crippen LogP contribution in [0.5, 0.6) is 0 Å². The van der Waals surface area contributed by atoms with Gasteiger partial charge in [-0.2, -0.15) is 0 Å². The van der Waals surface area contributed by atoms with E-state index in [4.69, 9.17) is 0 Å². The Morgan fingerprint density at radius 2 is 2.00 bits per heavy atom. The molecule has 58 valence electrons. The molecule has 1 rings (SSSR count). The lowest BCUT2D eigenvalue weighted by atomic mass is 9.85. The van der Waals surface area contributed by atoms with Crippen LogP contribution < -0.4 is 0 Å². The topological polar surface area (TPSA) is 40.5 Å². The van der Waals surface area contributed by atoms with Gasteiger partial charge >= 0.3 is 0 Å². The predicted octanol–water partition coefficient (Wildman–Crippen LogP) is 0.694. The van der Waals surface area contributed by atoms with Crippen molar-refractivity contribution in [3.05, 3.63) is 12.7 Å². The van der Waals surface area contributed by atoms with E-state index < -0.39 is 12.2 Å². The van der Waals surface area contributed by atoms with Gasteiger partial charge in [0.1, 0.15) is 0 Å². The lowest BCUT2D eigenvalue weighted by molar-refractivity contribution is -0.0312. The first-order valence-corrected chi connectivity index (χ1v) is 3.74. The molecule has 0 bridgehead atoms. The van der Waals surface area contributed by atoms with E-state index in [0.717, 1.165) is 19.3 Å². The van der Waals surface area contributed by atoms with E-state index in [1.54, 1.807) is 6.08 Å². The van der Waals surface area contributed by atoms with E-state index in [9.17, 15) is 10.2 Å². The van der Waals surface area contributed by atoms with E-state index in [2.05, 4.69) is 6.58 Å². The lowest BCUT2D eigenvalue weighted by Gasteiger charge is -2.29. The molecule has 1 aliphatic carbocycles. The van der Waals surface area contributed by atoms with Gasteiger partial charge < -0.3 is 10.2 Å². The fourth-order valence-electron chi connectivity index (χ4n) is 1.45. The highest BCUT2D eigenvalue weighted by Gasteiger charge is 2.27. The molecule has 1 aliphatic rings. The van der Waals surface area contributed by atoms with Gasteiger partial charge in [-0.25, -0.2) is 0 Å². The maximum Gasteiger partial charge on any atom is 0.0861 e. The van der Waals surface area contributed by atoms with E-state index in [-0.39, 0.29) is 5.92 Å². The van der Waals surface area contributed by atoms with Gasteiger partial charge in [0.05, 0.1) is 12.2 Å². The molecule has 1 saturated carbocycles. The van der Waals surface area contributed by atoms with E-state index in [0.29, 0.717) is 0 Å². The van der Waals surface area contributed by atoms with Gasteiger partial charge in [0.25, 0.3) is 0 Å². The van der Waals surface area contributed by atoms with Crippen molar-refractivity contribution < 1.29 is 10.2 Å². The summed E-state index contributed by atoms with van der Waals surface area (Å²) in [6, 6.07) is 0. The number of hydrogen-bond acceptors (Lipinski definition) is 2. The van der Waals surface area contributed by atoms with Crippen LogP contribution in [-0.2, 0) is 0 Å². The van der Waals surface area contributed by atoms with Crippen LogP contribution >= 0.6 is 0 Å². The van der Waals surface area contributed by atoms with Gasteiger partial charge in [0.2, 0.25) is 0 Å². The van der Waals surface area contributed by atoms with Crippen LogP contribution in [0.25, 0.3) is 0 Å². The number of aliphatic hydroxyl groups is 2. The van der Waals surface area contributed by atoms with Crippen molar-refractivity contribution in [2.75, 3.05) is 0 Å². The Balaban J connectivity index is 2.50. The molecule has 0 amide bonds. The zero-order valence-electron chi connectivity index (χ0n) is 6.03. The Morgan fingerprint density at radius 1 is 1.30 bits per heavy atom. The standard InChI is InChI=1S/C8H14O2/c1-2-6-4-3-5-7(9)8(6)10/h2,6-10H,1,3-5H2. The second kappa shape index (κ2) is 3.17. The first kappa shape index (κ1) is 7.76. The Morgan fingerprint density at radius 3 is 2.50 bits per heavy atom. The minimum atomic E-state index is -0.578. The lowest BCUT2D eigenvalue weighted by Crippen LogP contribution is -2.36. The smallest absolute Gasteiger partial charge is 0.0861 e. The van der Waals surface area contributed by atoms with Crippen molar-refractivity contribution in [1.29, 1.82) is 0 Å². The van der Waals surface area contributed by atoms with Crippen LogP contribution in [0, 0.1) is 5.92 Å². The zero-order valence-corrected chi connectivity index (χ0v) is 6.03. The van der Waals surface area contributed by atoms with Crippen LogP contribution in [0.1, 0.15) is 19.3 Å². The molecule has 0 saturated heterocycles. The minimum absolute atomic E-state index is 0.101. The third-order valence-corrected chi connectivity index (χ3v) is 2.17. The van der Waals surface area contributed by atoms with Gasteiger partial charge in [-0.1, -0.05) is 12.5 Å². The third-order valence-electron chi connectivity index (χ3n) is 2.17. The summed E-state index contributed by atoms with van der Waals surface area (Å²) >= 11 is 0. The average molecular weight is 142 g/mol. The number of rotatable bonds is 1. The molecule has 1 fully saturated rings. The van der Waals surface area contributed by atoms with Crippen LogP contribution in [0.3, 0.4) is 0 Å². The molecule has 0 heterocycles. The molecule has 0 spiro atoms. The van der Waals surface area contributed by atoms with E-state index in [1.165, 1.54) is 0 Å². The maximum atomic E-state index is 9.32. The summed E-state index contributed by atoms with van der Waals surface area (Å²) in [5.74, 6) is 0.101. The van der Waals surface area contributed by atoms with Crippen LogP contribution in [0.2, 0.25) is 0 Å². The summed E-state index contributed by atoms with van der Waals surface area (Å²) in [5, 5.41) is 18.5. The Labute approximate surface area is 61.2 Å². The highest BCUT2D eigenvalue weighted by molar-refractivity contribution is 4.91. The molecule has 0 aromatic heterocycles. The van der Waals surface area contributed by atoms with Crippen molar-refractivity contribution in [2.45, 2.75) is 31.5 Å². The summed E-state index contributed by atoms with van der Waals surface area (Å²) in [7, 11) is 0. The van der Waals surface area contributed by atoms with E-state index >= 15 is 0 Å². The first-order valence-electron chi connectivity index (χ1n) is 3.74. The quantitative estimate of drug-likeness (QED) is 0.529. The summed E-state index contributed by atoms with van der Waals surface area (Å²) in [4.78, 5) is 0. The molecule has 0 radical (unpaired) electrons. The Bertz CT molecular complexity index is 122. The second-order valence-corrected chi connectivity index (χ2v) is 2.89. The van der Waals surface area contributed by atoms with Crippen molar-refractivity contribution in [3.8, 4) is 0 Å². The molecule has 2 N–H and O–H groups in total. The molecular formula is C8H14O2. The average Bonchev–Trinajstić information content (AvgIpc) is 1.95. The summed E-state index contributed by atoms with van der Waals surface area (Å²) in [6.07, 6.45) is 3.30. The van der Waals surface area contributed by atoms with E-state index in [1.807, 2.05) is 0 Å². The van der Waals surface area contributed by atoms with Gasteiger partial charge in [0, 0.05) is 5.92 Å². The predicted molar refractivity (Wildman–Crippen MR) is 39.6 cm³/mol. The number of hydrogen-bond donors (Lipinski definition) is 2. The van der Waals surface area contributed by atoms with Crippen molar-refractivity contribution in [1.82, 2.24) is 0 Å². The molecule has 2 nitrogen and oxygen atoms in total. The fourth-order valence-corrected chi connectivity index (χ4v) is 1.45. The molecule has 0 aliphatic heterocycles. The van der Waals surface area contributed by atoms with Gasteiger partial charge in [-0.05, 0) is 12.8 Å². The molecule has 0 aromatic rings. The molecule has 3 unspecified atom stereocenters. The van der Waals surface area contributed by atoms with Crippen LogP contribution in [0.15, 0.2) is 12.7 Å². The summed E-state index contributed by atoms with van der Waals surface area (Å²) < 4.78 is 0. The monoisotopic (exact) mass is 142 g/mol. The molecular weight excluding hydrogens is 128 g/mol. The third kappa shape index (κ3) is 1.39. The van der Waals surface area contributed by atoms with Crippen molar-refractivity contribution >= 4 is 0 Å². The summed E-state index contributed by atoms with van der Waals surface area (Å²) in [5.41, 5.74) is 0. The molecule has 0 aromatic carbocycles. The summed E-state index contributed by atoms with van der Waals surface area (Å²) in [6.45, 7) is 3.60. The van der Waals surface area contributed by atoms with Gasteiger partial charge in [-0.15, -0.1) is 6.58 Å². The first-order chi connectivity index (χ1) is 4.75. The number of aliphatic hydroxyl groups excluding tert-OH is 2. The minimum Gasteiger partial charge on any atom is -0.390 e. The SMILES string of the molecule is C=CC1CCCC(O)C1O. The largest absolute Gasteiger partial charge is 0.390 e. The molecule has 10 heavy (non-hydrogen) atoms. The Kier molecular flexibility index (Phi) is 2.46. The van der Waals surface area contributed by atoms with Crippen LogP contribution in [0.4, 0.5) is 0 Å². The van der Waals surface area contributed by atoms with Crippen LogP contribution in [-0.4, -0.2) is 22.4 Å². The van der Waals surface area contributed by atoms with Crippen molar-refractivity contribution in [3.63, 3.8) is 0 Å². The highest BCUT2D eigenvalue weighted by atomic mass is 16.3. The maximum absolute atomic E-state index is 9.32. The molecule has 2 heteroatoms. The van der Waals surface area contributed by atoms with Gasteiger partial charge in [-0.3, -0.25) is 0 Å². The van der Waals surface area contributed by atoms with Crippen molar-refractivity contribution in [2.24, 2.45) is 5.92 Å². The van der Waals surface area contributed by atoms with Gasteiger partial charge in [0.15, 0.2) is 0 Å². The Hall–Kier alpha value is -0.340.